The lowest BCUT2D eigenvalue weighted by atomic mass is 9.79. The van der Waals surface area contributed by atoms with E-state index in [4.69, 9.17) is 0 Å². The van der Waals surface area contributed by atoms with Gasteiger partial charge in [-0.3, -0.25) is 4.79 Å². The van der Waals surface area contributed by atoms with Crippen LogP contribution in [0.1, 0.15) is 16.9 Å². The molecule has 4 rings (SSSR count). The van der Waals surface area contributed by atoms with Crippen molar-refractivity contribution in [1.29, 1.82) is 0 Å². The van der Waals surface area contributed by atoms with Crippen molar-refractivity contribution >= 4 is 11.9 Å². The van der Waals surface area contributed by atoms with Gasteiger partial charge in [-0.1, -0.05) is 0 Å². The number of aromatic nitrogens is 3. The molecule has 2 saturated heterocycles. The van der Waals surface area contributed by atoms with Crippen molar-refractivity contribution in [3.8, 4) is 0 Å². The van der Waals surface area contributed by atoms with E-state index in [0.717, 1.165) is 44.2 Å². The minimum atomic E-state index is 0.132. The lowest BCUT2D eigenvalue weighted by Crippen LogP contribution is -2.59. The molecule has 2 aliphatic heterocycles. The highest BCUT2D eigenvalue weighted by atomic mass is 16.2. The summed E-state index contributed by atoms with van der Waals surface area (Å²) < 4.78 is 1.88. The van der Waals surface area contributed by atoms with E-state index in [2.05, 4.69) is 14.9 Å². The molecule has 0 unspecified atom stereocenters. The quantitative estimate of drug-likeness (QED) is 0.835. The summed E-state index contributed by atoms with van der Waals surface area (Å²) in [5.74, 6) is 0.930. The summed E-state index contributed by atoms with van der Waals surface area (Å²) in [5, 5.41) is 0. The first-order valence-corrected chi connectivity index (χ1v) is 7.60. The van der Waals surface area contributed by atoms with E-state index < -0.39 is 0 Å². The van der Waals surface area contributed by atoms with Crippen LogP contribution in [-0.2, 0) is 7.05 Å². The SMILES string of the molecule is Cn1cccc1C(=O)N1CC2(CCN(c3ncccn3)C2)C1. The molecule has 2 aromatic rings. The molecule has 0 bridgehead atoms. The third kappa shape index (κ3) is 2.06. The molecule has 0 radical (unpaired) electrons. The van der Waals surface area contributed by atoms with Gasteiger partial charge in [0, 0.05) is 57.2 Å². The minimum Gasteiger partial charge on any atom is -0.347 e. The van der Waals surface area contributed by atoms with Gasteiger partial charge < -0.3 is 14.4 Å². The zero-order valence-corrected chi connectivity index (χ0v) is 12.6. The summed E-state index contributed by atoms with van der Waals surface area (Å²) in [6, 6.07) is 5.62. The molecule has 114 valence electrons. The minimum absolute atomic E-state index is 0.132. The van der Waals surface area contributed by atoms with Crippen LogP contribution in [0.2, 0.25) is 0 Å². The van der Waals surface area contributed by atoms with Crippen molar-refractivity contribution in [2.24, 2.45) is 12.5 Å². The Morgan fingerprint density at radius 1 is 1.18 bits per heavy atom. The van der Waals surface area contributed by atoms with Crippen LogP contribution in [-0.4, -0.2) is 51.5 Å². The van der Waals surface area contributed by atoms with Crippen LogP contribution in [0.15, 0.2) is 36.8 Å². The normalized spacial score (nSPS) is 19.5. The number of rotatable bonds is 2. The van der Waals surface area contributed by atoms with Crippen molar-refractivity contribution in [1.82, 2.24) is 19.4 Å². The molecular formula is C16H19N5O. The maximum atomic E-state index is 12.5. The molecule has 0 aliphatic carbocycles. The Bertz CT molecular complexity index is 690. The molecule has 2 aromatic heterocycles. The van der Waals surface area contributed by atoms with E-state index in [1.165, 1.54) is 0 Å². The number of carbonyl (C=O) groups excluding carboxylic acids is 1. The predicted molar refractivity (Wildman–Crippen MR) is 82.6 cm³/mol. The highest BCUT2D eigenvalue weighted by Crippen LogP contribution is 2.40. The van der Waals surface area contributed by atoms with Gasteiger partial charge in [0.1, 0.15) is 5.69 Å². The van der Waals surface area contributed by atoms with Gasteiger partial charge in [-0.15, -0.1) is 0 Å². The summed E-state index contributed by atoms with van der Waals surface area (Å²) in [7, 11) is 1.91. The van der Waals surface area contributed by atoms with E-state index in [1.54, 1.807) is 12.4 Å². The largest absolute Gasteiger partial charge is 0.347 e. The molecule has 0 atom stereocenters. The van der Waals surface area contributed by atoms with E-state index in [-0.39, 0.29) is 11.3 Å². The van der Waals surface area contributed by atoms with Gasteiger partial charge in [0.05, 0.1) is 0 Å². The Hall–Kier alpha value is -2.37. The number of aryl methyl sites for hydroxylation is 1. The summed E-state index contributed by atoms with van der Waals surface area (Å²) in [6.07, 6.45) is 6.56. The van der Waals surface area contributed by atoms with Crippen molar-refractivity contribution < 1.29 is 4.79 Å². The number of hydrogen-bond acceptors (Lipinski definition) is 4. The second-order valence-electron chi connectivity index (χ2n) is 6.39. The zero-order chi connectivity index (χ0) is 15.2. The fourth-order valence-electron chi connectivity index (χ4n) is 3.57. The van der Waals surface area contributed by atoms with Gasteiger partial charge in [-0.25, -0.2) is 9.97 Å². The van der Waals surface area contributed by atoms with Gasteiger partial charge in [-0.2, -0.15) is 0 Å². The second kappa shape index (κ2) is 4.83. The maximum Gasteiger partial charge on any atom is 0.270 e. The highest BCUT2D eigenvalue weighted by Gasteiger charge is 2.50. The number of likely N-dealkylation sites (tertiary alicyclic amines) is 1. The third-order valence-electron chi connectivity index (χ3n) is 4.78. The lowest BCUT2D eigenvalue weighted by Gasteiger charge is -2.47. The van der Waals surface area contributed by atoms with Crippen LogP contribution in [0.3, 0.4) is 0 Å². The van der Waals surface area contributed by atoms with Crippen molar-refractivity contribution in [3.05, 3.63) is 42.5 Å². The molecule has 6 nitrogen and oxygen atoms in total. The van der Waals surface area contributed by atoms with Crippen molar-refractivity contribution in [2.75, 3.05) is 31.1 Å². The van der Waals surface area contributed by atoms with Crippen molar-refractivity contribution in [2.45, 2.75) is 6.42 Å². The van der Waals surface area contributed by atoms with E-state index in [0.29, 0.717) is 0 Å². The Morgan fingerprint density at radius 2 is 1.95 bits per heavy atom. The highest BCUT2D eigenvalue weighted by molar-refractivity contribution is 5.93. The average Bonchev–Trinajstić information content (AvgIpc) is 3.12. The van der Waals surface area contributed by atoms with Crippen LogP contribution in [0, 0.1) is 5.41 Å². The first kappa shape index (κ1) is 13.3. The Morgan fingerprint density at radius 3 is 2.64 bits per heavy atom. The number of anilines is 1. The van der Waals surface area contributed by atoms with Gasteiger partial charge in [0.25, 0.3) is 5.91 Å². The first-order chi connectivity index (χ1) is 10.7. The second-order valence-corrected chi connectivity index (χ2v) is 6.39. The molecule has 4 heterocycles. The number of amides is 1. The Labute approximate surface area is 129 Å². The molecule has 0 N–H and O–H groups in total. The number of hydrogen-bond donors (Lipinski definition) is 0. The molecule has 0 aromatic carbocycles. The smallest absolute Gasteiger partial charge is 0.270 e. The van der Waals surface area contributed by atoms with E-state index in [1.807, 2.05) is 40.9 Å². The Kier molecular flexibility index (Phi) is 2.92. The summed E-state index contributed by atoms with van der Waals surface area (Å²) in [5.41, 5.74) is 0.983. The zero-order valence-electron chi connectivity index (χ0n) is 12.6. The third-order valence-corrected chi connectivity index (χ3v) is 4.78. The molecule has 22 heavy (non-hydrogen) atoms. The molecule has 2 fully saturated rings. The maximum absolute atomic E-state index is 12.5. The van der Waals surface area contributed by atoms with Crippen LogP contribution in [0.4, 0.5) is 5.95 Å². The van der Waals surface area contributed by atoms with Crippen LogP contribution >= 0.6 is 0 Å². The molecule has 1 spiro atoms. The predicted octanol–water partition coefficient (Wildman–Crippen LogP) is 1.17. The average molecular weight is 297 g/mol. The van der Waals surface area contributed by atoms with Crippen molar-refractivity contribution in [3.63, 3.8) is 0 Å². The van der Waals surface area contributed by atoms with Gasteiger partial charge in [0.15, 0.2) is 0 Å². The fraction of sp³-hybridized carbons (Fsp3) is 0.438. The van der Waals surface area contributed by atoms with Gasteiger partial charge >= 0.3 is 0 Å². The van der Waals surface area contributed by atoms with Crippen LogP contribution < -0.4 is 4.90 Å². The first-order valence-electron chi connectivity index (χ1n) is 7.60. The molecular weight excluding hydrogens is 278 g/mol. The van der Waals surface area contributed by atoms with Crippen LogP contribution in [0.25, 0.3) is 0 Å². The Balaban J connectivity index is 1.41. The van der Waals surface area contributed by atoms with Crippen LogP contribution in [0.5, 0.6) is 0 Å². The lowest BCUT2D eigenvalue weighted by molar-refractivity contribution is 0.0159. The summed E-state index contributed by atoms with van der Waals surface area (Å²) >= 11 is 0. The fourth-order valence-corrected chi connectivity index (χ4v) is 3.57. The molecule has 1 amide bonds. The monoisotopic (exact) mass is 297 g/mol. The molecule has 6 heteroatoms. The molecule has 0 saturated carbocycles. The van der Waals surface area contributed by atoms with E-state index >= 15 is 0 Å². The number of nitrogens with zero attached hydrogens (tertiary/aromatic N) is 5. The number of carbonyl (C=O) groups is 1. The summed E-state index contributed by atoms with van der Waals surface area (Å²) in [4.78, 5) is 25.3. The standard InChI is InChI=1S/C16H19N5O/c1-19-8-2-4-13(19)14(22)21-11-16(12-21)5-9-20(10-16)15-17-6-3-7-18-15/h2-4,6-8H,5,9-12H2,1H3. The van der Waals surface area contributed by atoms with Gasteiger partial charge in [-0.05, 0) is 24.6 Å². The van der Waals surface area contributed by atoms with E-state index in [9.17, 15) is 4.79 Å². The molecule has 2 aliphatic rings. The van der Waals surface area contributed by atoms with Gasteiger partial charge in [0.2, 0.25) is 5.95 Å². The summed E-state index contributed by atoms with van der Waals surface area (Å²) in [6.45, 7) is 3.57. The topological polar surface area (TPSA) is 54.3 Å².